The van der Waals surface area contributed by atoms with Gasteiger partial charge in [0.2, 0.25) is 5.76 Å². The lowest BCUT2D eigenvalue weighted by atomic mass is 10.2. The lowest BCUT2D eigenvalue weighted by Crippen LogP contribution is -2.21. The second-order valence-corrected chi connectivity index (χ2v) is 4.96. The Kier molecular flexibility index (Phi) is 4.53. The zero-order valence-corrected chi connectivity index (χ0v) is 11.9. The van der Waals surface area contributed by atoms with E-state index in [1.807, 2.05) is 24.3 Å². The van der Waals surface area contributed by atoms with Gasteiger partial charge in [-0.3, -0.25) is 4.79 Å². The fourth-order valence-electron chi connectivity index (χ4n) is 1.79. The van der Waals surface area contributed by atoms with Gasteiger partial charge in [0.25, 0.3) is 5.91 Å². The predicted octanol–water partition coefficient (Wildman–Crippen LogP) is 2.73. The minimum Gasteiger partial charge on any atom is -0.438 e. The summed E-state index contributed by atoms with van der Waals surface area (Å²) in [4.78, 5) is 15.9. The molecule has 0 aliphatic carbocycles. The Morgan fingerprint density at radius 1 is 1.40 bits per heavy atom. The molecule has 106 valence electrons. The van der Waals surface area contributed by atoms with Crippen LogP contribution < -0.4 is 10.6 Å². The molecule has 5 nitrogen and oxygen atoms in total. The minimum absolute atomic E-state index is 0.246. The molecule has 0 fully saturated rings. The number of amides is 1. The number of carbonyl (C=O) groups is 1. The Morgan fingerprint density at radius 3 is 2.85 bits per heavy atom. The summed E-state index contributed by atoms with van der Waals surface area (Å²) in [5, 5.41) is 6.15. The maximum atomic E-state index is 12.0. The van der Waals surface area contributed by atoms with Crippen molar-refractivity contribution in [1.29, 1.82) is 0 Å². The second kappa shape index (κ2) is 6.34. The van der Waals surface area contributed by atoms with Crippen molar-refractivity contribution in [1.82, 2.24) is 10.3 Å². The zero-order chi connectivity index (χ0) is 14.5. The van der Waals surface area contributed by atoms with Gasteiger partial charge in [-0.2, -0.15) is 0 Å². The highest BCUT2D eigenvalue weighted by molar-refractivity contribution is 6.02. The van der Waals surface area contributed by atoms with E-state index >= 15 is 0 Å². The first-order valence-electron chi connectivity index (χ1n) is 6.60. The molecule has 5 heteroatoms. The van der Waals surface area contributed by atoms with Gasteiger partial charge in [0.1, 0.15) is 0 Å². The molecule has 0 spiro atoms. The molecule has 1 heterocycles. The van der Waals surface area contributed by atoms with Crippen LogP contribution in [0, 0.1) is 6.92 Å². The van der Waals surface area contributed by atoms with Crippen LogP contribution in [0.3, 0.4) is 0 Å². The molecule has 0 aliphatic rings. The Hall–Kier alpha value is -2.14. The first kappa shape index (κ1) is 14.3. The molecule has 2 rings (SSSR count). The maximum Gasteiger partial charge on any atom is 0.293 e. The highest BCUT2D eigenvalue weighted by atomic mass is 16.3. The molecule has 0 atom stereocenters. The average molecular weight is 273 g/mol. The van der Waals surface area contributed by atoms with Gasteiger partial charge in [-0.05, 0) is 24.6 Å². The van der Waals surface area contributed by atoms with E-state index in [-0.39, 0.29) is 11.7 Å². The van der Waals surface area contributed by atoms with Crippen LogP contribution in [0.2, 0.25) is 0 Å². The molecule has 0 bridgehead atoms. The number of rotatable bonds is 5. The molecular weight excluding hydrogens is 254 g/mol. The average Bonchev–Trinajstić information content (AvgIpc) is 2.83. The molecule has 1 aromatic heterocycles. The smallest absolute Gasteiger partial charge is 0.293 e. The summed E-state index contributed by atoms with van der Waals surface area (Å²) in [6.45, 7) is 6.70. The van der Waals surface area contributed by atoms with Gasteiger partial charge < -0.3 is 15.1 Å². The maximum absolute atomic E-state index is 12.0. The van der Waals surface area contributed by atoms with Crippen LogP contribution in [0.4, 0.5) is 5.69 Å². The molecule has 2 N–H and O–H groups in total. The van der Waals surface area contributed by atoms with Crippen molar-refractivity contribution in [3.63, 3.8) is 0 Å². The van der Waals surface area contributed by atoms with E-state index in [4.69, 9.17) is 4.42 Å². The lowest BCUT2D eigenvalue weighted by molar-refractivity contribution is 0.0996. The van der Waals surface area contributed by atoms with Crippen LogP contribution in [0.25, 0.3) is 0 Å². The van der Waals surface area contributed by atoms with Gasteiger partial charge in [-0.15, -0.1) is 0 Å². The van der Waals surface area contributed by atoms with Crippen LogP contribution in [0.15, 0.2) is 35.1 Å². The number of benzene rings is 1. The highest BCUT2D eigenvalue weighted by Crippen LogP contribution is 2.13. The molecule has 20 heavy (non-hydrogen) atoms. The predicted molar refractivity (Wildman–Crippen MR) is 77.6 cm³/mol. The highest BCUT2D eigenvalue weighted by Gasteiger charge is 2.13. The van der Waals surface area contributed by atoms with Gasteiger partial charge in [0, 0.05) is 18.3 Å². The van der Waals surface area contributed by atoms with Crippen molar-refractivity contribution in [2.75, 3.05) is 5.32 Å². The Bertz CT molecular complexity index is 590. The normalized spacial score (nSPS) is 10.8. The van der Waals surface area contributed by atoms with E-state index in [0.717, 1.165) is 17.8 Å². The fourth-order valence-corrected chi connectivity index (χ4v) is 1.79. The van der Waals surface area contributed by atoms with Crippen LogP contribution >= 0.6 is 0 Å². The molecule has 0 unspecified atom stereocenters. The molecular formula is C15H19N3O2. The van der Waals surface area contributed by atoms with Gasteiger partial charge in [0.15, 0.2) is 6.39 Å². The molecule has 0 radical (unpaired) electrons. The topological polar surface area (TPSA) is 67.2 Å². The van der Waals surface area contributed by atoms with E-state index in [0.29, 0.717) is 11.7 Å². The summed E-state index contributed by atoms with van der Waals surface area (Å²) in [5.74, 6) is -0.0373. The second-order valence-electron chi connectivity index (χ2n) is 4.96. The molecule has 0 saturated carbocycles. The molecule has 0 saturated heterocycles. The van der Waals surface area contributed by atoms with Gasteiger partial charge in [-0.1, -0.05) is 26.0 Å². The third kappa shape index (κ3) is 3.68. The molecule has 1 aromatic carbocycles. The first-order chi connectivity index (χ1) is 9.56. The lowest BCUT2D eigenvalue weighted by Gasteiger charge is -2.10. The Labute approximate surface area is 118 Å². The zero-order valence-electron chi connectivity index (χ0n) is 11.9. The van der Waals surface area contributed by atoms with Crippen LogP contribution in [0.1, 0.15) is 35.7 Å². The standard InChI is InChI=1S/C15H19N3O2/c1-10(2)16-8-12-5-4-6-13(7-12)18-15(19)14-11(3)17-9-20-14/h4-7,9-10,16H,8H2,1-3H3,(H,18,19). The minimum atomic E-state index is -0.283. The number of nitrogens with zero attached hydrogens (tertiary/aromatic N) is 1. The molecule has 1 amide bonds. The van der Waals surface area contributed by atoms with Crippen LogP contribution in [0.5, 0.6) is 0 Å². The van der Waals surface area contributed by atoms with Crippen LogP contribution in [-0.2, 0) is 6.54 Å². The van der Waals surface area contributed by atoms with Gasteiger partial charge in [-0.25, -0.2) is 4.98 Å². The fraction of sp³-hybridized carbons (Fsp3) is 0.333. The summed E-state index contributed by atoms with van der Waals surface area (Å²) >= 11 is 0. The number of aromatic nitrogens is 1. The van der Waals surface area contributed by atoms with E-state index in [9.17, 15) is 4.79 Å². The van der Waals surface area contributed by atoms with E-state index in [1.54, 1.807) is 6.92 Å². The van der Waals surface area contributed by atoms with Crippen molar-refractivity contribution in [2.45, 2.75) is 33.4 Å². The number of oxazole rings is 1. The van der Waals surface area contributed by atoms with Crippen LogP contribution in [-0.4, -0.2) is 16.9 Å². The quantitative estimate of drug-likeness (QED) is 0.879. The van der Waals surface area contributed by atoms with Crippen molar-refractivity contribution in [2.24, 2.45) is 0 Å². The number of anilines is 1. The number of carbonyl (C=O) groups excluding carboxylic acids is 1. The first-order valence-corrected chi connectivity index (χ1v) is 6.60. The SMILES string of the molecule is Cc1ncoc1C(=O)Nc1cccc(CNC(C)C)c1. The monoisotopic (exact) mass is 273 g/mol. The Balaban J connectivity index is 2.04. The van der Waals surface area contributed by atoms with E-state index in [1.165, 1.54) is 6.39 Å². The van der Waals surface area contributed by atoms with Gasteiger partial charge in [0.05, 0.1) is 5.69 Å². The summed E-state index contributed by atoms with van der Waals surface area (Å²) in [6.07, 6.45) is 1.27. The van der Waals surface area contributed by atoms with E-state index < -0.39 is 0 Å². The molecule has 0 aliphatic heterocycles. The van der Waals surface area contributed by atoms with Gasteiger partial charge >= 0.3 is 0 Å². The number of hydrogen-bond acceptors (Lipinski definition) is 4. The molecule has 2 aromatic rings. The largest absolute Gasteiger partial charge is 0.438 e. The third-order valence-corrected chi connectivity index (χ3v) is 2.85. The number of nitrogens with one attached hydrogen (secondary N) is 2. The van der Waals surface area contributed by atoms with E-state index in [2.05, 4.69) is 29.5 Å². The van der Waals surface area contributed by atoms with Crippen molar-refractivity contribution in [3.05, 3.63) is 47.7 Å². The summed E-state index contributed by atoms with van der Waals surface area (Å²) in [5.41, 5.74) is 2.44. The van der Waals surface area contributed by atoms with Crippen molar-refractivity contribution in [3.8, 4) is 0 Å². The summed E-state index contributed by atoms with van der Waals surface area (Å²) in [7, 11) is 0. The Morgan fingerprint density at radius 2 is 2.20 bits per heavy atom. The van der Waals surface area contributed by atoms with Crippen molar-refractivity contribution >= 4 is 11.6 Å². The number of aryl methyl sites for hydroxylation is 1. The summed E-state index contributed by atoms with van der Waals surface area (Å²) < 4.78 is 5.07. The van der Waals surface area contributed by atoms with Crippen molar-refractivity contribution < 1.29 is 9.21 Å². The number of hydrogen-bond donors (Lipinski definition) is 2. The summed E-state index contributed by atoms with van der Waals surface area (Å²) in [6, 6.07) is 8.15. The third-order valence-electron chi connectivity index (χ3n) is 2.85.